The van der Waals surface area contributed by atoms with Gasteiger partial charge in [0.2, 0.25) is 10.0 Å². The van der Waals surface area contributed by atoms with Crippen molar-refractivity contribution in [2.75, 3.05) is 13.2 Å². The van der Waals surface area contributed by atoms with Crippen LogP contribution in [0.25, 0.3) is 0 Å². The highest BCUT2D eigenvalue weighted by molar-refractivity contribution is 7.89. The number of fused-ring (bicyclic) bond motifs is 1. The maximum Gasteiger partial charge on any atom is 0.260 e. The first-order valence-electron chi connectivity index (χ1n) is 10.2. The number of benzene rings is 2. The van der Waals surface area contributed by atoms with Gasteiger partial charge >= 0.3 is 0 Å². The Morgan fingerprint density at radius 1 is 1.13 bits per heavy atom. The van der Waals surface area contributed by atoms with Crippen molar-refractivity contribution in [1.29, 1.82) is 0 Å². The molecule has 1 N–H and O–H groups in total. The SMILES string of the molecule is O=C(COc1ccc(S(=O)(=O)NC2CCCC2)cc1Cl)N1CCc2ccccc2C1. The normalized spacial score (nSPS) is 17.0. The molecule has 8 heteroatoms. The summed E-state index contributed by atoms with van der Waals surface area (Å²) in [6.45, 7) is 1.07. The van der Waals surface area contributed by atoms with Crippen LogP contribution in [0.1, 0.15) is 36.8 Å². The van der Waals surface area contributed by atoms with E-state index in [1.54, 1.807) is 4.90 Å². The number of hydrogen-bond donors (Lipinski definition) is 1. The molecular weight excluding hydrogens is 424 g/mol. The fourth-order valence-electron chi connectivity index (χ4n) is 4.04. The summed E-state index contributed by atoms with van der Waals surface area (Å²) < 4.78 is 33.4. The molecule has 2 aromatic rings. The smallest absolute Gasteiger partial charge is 0.260 e. The van der Waals surface area contributed by atoms with Crippen molar-refractivity contribution in [3.63, 3.8) is 0 Å². The number of hydrogen-bond acceptors (Lipinski definition) is 4. The molecule has 6 nitrogen and oxygen atoms in total. The number of carbonyl (C=O) groups is 1. The van der Waals surface area contributed by atoms with Crippen molar-refractivity contribution in [1.82, 2.24) is 9.62 Å². The van der Waals surface area contributed by atoms with Gasteiger partial charge in [-0.2, -0.15) is 0 Å². The molecule has 1 fully saturated rings. The second-order valence-corrected chi connectivity index (χ2v) is 9.94. The van der Waals surface area contributed by atoms with E-state index in [-0.39, 0.29) is 28.5 Å². The van der Waals surface area contributed by atoms with Gasteiger partial charge in [0.1, 0.15) is 5.75 Å². The molecule has 30 heavy (non-hydrogen) atoms. The largest absolute Gasteiger partial charge is 0.482 e. The molecule has 1 amide bonds. The average Bonchev–Trinajstić information content (AvgIpc) is 3.24. The number of rotatable bonds is 6. The summed E-state index contributed by atoms with van der Waals surface area (Å²) >= 11 is 6.25. The van der Waals surface area contributed by atoms with E-state index in [1.807, 2.05) is 18.2 Å². The molecule has 0 saturated heterocycles. The summed E-state index contributed by atoms with van der Waals surface area (Å²) in [5.74, 6) is 0.169. The van der Waals surface area contributed by atoms with Crippen molar-refractivity contribution in [3.8, 4) is 5.75 Å². The lowest BCUT2D eigenvalue weighted by Crippen LogP contribution is -2.38. The molecule has 4 rings (SSSR count). The first kappa shape index (κ1) is 21.2. The second-order valence-electron chi connectivity index (χ2n) is 7.82. The Kier molecular flexibility index (Phi) is 6.32. The van der Waals surface area contributed by atoms with Gasteiger partial charge in [0.05, 0.1) is 9.92 Å². The van der Waals surface area contributed by atoms with E-state index in [4.69, 9.17) is 16.3 Å². The molecule has 0 spiro atoms. The zero-order valence-corrected chi connectivity index (χ0v) is 18.2. The van der Waals surface area contributed by atoms with Gasteiger partial charge < -0.3 is 9.64 Å². The topological polar surface area (TPSA) is 75.7 Å². The van der Waals surface area contributed by atoms with Crippen LogP contribution in [0.2, 0.25) is 5.02 Å². The van der Waals surface area contributed by atoms with Crippen LogP contribution in [0.3, 0.4) is 0 Å². The number of carbonyl (C=O) groups excluding carboxylic acids is 1. The zero-order chi connectivity index (χ0) is 21.1. The number of sulfonamides is 1. The number of nitrogens with one attached hydrogen (secondary N) is 1. The van der Waals surface area contributed by atoms with E-state index >= 15 is 0 Å². The summed E-state index contributed by atoms with van der Waals surface area (Å²) in [6, 6.07) is 12.4. The van der Waals surface area contributed by atoms with Gasteiger partial charge in [0.25, 0.3) is 5.91 Å². The highest BCUT2D eigenvalue weighted by atomic mass is 35.5. The Bertz CT molecular complexity index is 1040. The summed E-state index contributed by atoms with van der Waals surface area (Å²) in [5.41, 5.74) is 2.42. The molecule has 2 aromatic carbocycles. The maximum atomic E-state index is 12.6. The summed E-state index contributed by atoms with van der Waals surface area (Å²) in [6.07, 6.45) is 4.62. The van der Waals surface area contributed by atoms with Crippen molar-refractivity contribution >= 4 is 27.5 Å². The Balaban J connectivity index is 1.36. The Labute approximate surface area is 182 Å². The van der Waals surface area contributed by atoms with E-state index in [2.05, 4.69) is 10.8 Å². The molecule has 1 saturated carbocycles. The van der Waals surface area contributed by atoms with E-state index in [0.717, 1.165) is 37.7 Å². The van der Waals surface area contributed by atoms with Crippen molar-refractivity contribution in [2.24, 2.45) is 0 Å². The minimum absolute atomic E-state index is 0.0167. The number of ether oxygens (including phenoxy) is 1. The number of amides is 1. The maximum absolute atomic E-state index is 12.6. The van der Waals surface area contributed by atoms with Crippen LogP contribution < -0.4 is 9.46 Å². The third kappa shape index (κ3) is 4.79. The van der Waals surface area contributed by atoms with Gasteiger partial charge in [0.15, 0.2) is 6.61 Å². The standard InChI is InChI=1S/C22H25ClN2O4S/c23-20-13-19(30(27,28)24-18-7-3-4-8-18)9-10-21(20)29-15-22(26)25-12-11-16-5-1-2-6-17(16)14-25/h1-2,5-6,9-10,13,18,24H,3-4,7-8,11-12,14-15H2. The molecule has 0 aromatic heterocycles. The van der Waals surface area contributed by atoms with E-state index in [9.17, 15) is 13.2 Å². The van der Waals surface area contributed by atoms with Crippen LogP contribution in [0.15, 0.2) is 47.4 Å². The minimum atomic E-state index is -3.62. The molecule has 0 unspecified atom stereocenters. The average molecular weight is 449 g/mol. The van der Waals surface area contributed by atoms with Crippen LogP contribution in [0.4, 0.5) is 0 Å². The lowest BCUT2D eigenvalue weighted by Gasteiger charge is -2.28. The predicted molar refractivity (Wildman–Crippen MR) is 115 cm³/mol. The highest BCUT2D eigenvalue weighted by Gasteiger charge is 2.24. The van der Waals surface area contributed by atoms with Crippen LogP contribution >= 0.6 is 11.6 Å². The third-order valence-electron chi connectivity index (χ3n) is 5.73. The molecular formula is C22H25ClN2O4S. The fourth-order valence-corrected chi connectivity index (χ4v) is 5.67. The molecule has 0 bridgehead atoms. The van der Waals surface area contributed by atoms with Gasteiger partial charge in [-0.05, 0) is 48.6 Å². The molecule has 1 heterocycles. The summed E-state index contributed by atoms with van der Waals surface area (Å²) in [5, 5.41) is 0.168. The Hall–Kier alpha value is -2.09. The fraction of sp³-hybridized carbons (Fsp3) is 0.409. The lowest BCUT2D eigenvalue weighted by atomic mass is 10.00. The lowest BCUT2D eigenvalue weighted by molar-refractivity contribution is -0.134. The predicted octanol–water partition coefficient (Wildman–Crippen LogP) is 3.52. The van der Waals surface area contributed by atoms with Crippen molar-refractivity contribution in [2.45, 2.75) is 49.6 Å². The third-order valence-corrected chi connectivity index (χ3v) is 7.54. The summed E-state index contributed by atoms with van der Waals surface area (Å²) in [7, 11) is -3.62. The van der Waals surface area contributed by atoms with Crippen molar-refractivity contribution in [3.05, 3.63) is 58.6 Å². The second kappa shape index (κ2) is 8.96. The van der Waals surface area contributed by atoms with Crippen LogP contribution in [-0.2, 0) is 27.8 Å². The number of nitrogens with zero attached hydrogens (tertiary/aromatic N) is 1. The van der Waals surface area contributed by atoms with Crippen LogP contribution in [0.5, 0.6) is 5.75 Å². The summed E-state index contributed by atoms with van der Waals surface area (Å²) in [4.78, 5) is 14.4. The first-order valence-corrected chi connectivity index (χ1v) is 12.1. The van der Waals surface area contributed by atoms with Crippen LogP contribution in [0, 0.1) is 0 Å². The molecule has 0 radical (unpaired) electrons. The Morgan fingerprint density at radius 3 is 2.60 bits per heavy atom. The number of halogens is 1. The molecule has 1 aliphatic carbocycles. The zero-order valence-electron chi connectivity index (χ0n) is 16.6. The minimum Gasteiger partial charge on any atom is -0.482 e. The van der Waals surface area contributed by atoms with E-state index in [0.29, 0.717) is 18.8 Å². The molecule has 160 valence electrons. The van der Waals surface area contributed by atoms with Gasteiger partial charge in [-0.25, -0.2) is 13.1 Å². The van der Waals surface area contributed by atoms with Gasteiger partial charge in [-0.3, -0.25) is 4.79 Å². The van der Waals surface area contributed by atoms with Crippen molar-refractivity contribution < 1.29 is 17.9 Å². The molecule has 0 atom stereocenters. The monoisotopic (exact) mass is 448 g/mol. The van der Waals surface area contributed by atoms with E-state index in [1.165, 1.54) is 23.8 Å². The molecule has 2 aliphatic rings. The van der Waals surface area contributed by atoms with Gasteiger partial charge in [-0.15, -0.1) is 0 Å². The molecule has 1 aliphatic heterocycles. The Morgan fingerprint density at radius 2 is 1.87 bits per heavy atom. The van der Waals surface area contributed by atoms with Gasteiger partial charge in [0, 0.05) is 19.1 Å². The quantitative estimate of drug-likeness (QED) is 0.733. The van der Waals surface area contributed by atoms with Crippen LogP contribution in [-0.4, -0.2) is 38.4 Å². The van der Waals surface area contributed by atoms with Gasteiger partial charge in [-0.1, -0.05) is 48.7 Å². The van der Waals surface area contributed by atoms with E-state index < -0.39 is 10.0 Å². The highest BCUT2D eigenvalue weighted by Crippen LogP contribution is 2.28. The first-order chi connectivity index (χ1) is 14.4.